The second kappa shape index (κ2) is 4.68. The molecule has 1 aromatic carbocycles. The van der Waals surface area contributed by atoms with Gasteiger partial charge in [0.2, 0.25) is 0 Å². The molecular formula is C12H14ClN3. The van der Waals surface area contributed by atoms with Gasteiger partial charge in [-0.05, 0) is 12.5 Å². The lowest BCUT2D eigenvalue weighted by molar-refractivity contribution is 0.686. The molecule has 0 radical (unpaired) electrons. The molecule has 0 aliphatic carbocycles. The number of aryl methyl sites for hydroxylation is 1. The maximum atomic E-state index is 6.13. The number of benzene rings is 1. The van der Waals surface area contributed by atoms with E-state index < -0.39 is 0 Å². The Hall–Kier alpha value is -1.32. The van der Waals surface area contributed by atoms with Crippen LogP contribution in [-0.2, 0) is 13.1 Å². The molecule has 3 nitrogen and oxygen atoms in total. The SMILES string of the molecule is Cc1cccc(Cn2ncc(CN)c2Cl)c1. The molecule has 0 atom stereocenters. The van der Waals surface area contributed by atoms with Crippen LogP contribution in [0.25, 0.3) is 0 Å². The normalized spacial score (nSPS) is 10.7. The van der Waals surface area contributed by atoms with Crippen LogP contribution in [0.4, 0.5) is 0 Å². The van der Waals surface area contributed by atoms with Crippen molar-refractivity contribution in [2.45, 2.75) is 20.0 Å². The first-order valence-corrected chi connectivity index (χ1v) is 5.54. The summed E-state index contributed by atoms with van der Waals surface area (Å²) in [5, 5.41) is 4.84. The Kier molecular flexibility index (Phi) is 3.27. The summed E-state index contributed by atoms with van der Waals surface area (Å²) in [6, 6.07) is 8.29. The highest BCUT2D eigenvalue weighted by Crippen LogP contribution is 2.16. The number of halogens is 1. The molecule has 0 saturated heterocycles. The predicted octanol–water partition coefficient (Wildman–Crippen LogP) is 2.35. The highest BCUT2D eigenvalue weighted by molar-refractivity contribution is 6.30. The topological polar surface area (TPSA) is 43.8 Å². The van der Waals surface area contributed by atoms with Crippen LogP contribution in [0.2, 0.25) is 5.15 Å². The van der Waals surface area contributed by atoms with E-state index in [1.54, 1.807) is 10.9 Å². The van der Waals surface area contributed by atoms with Crippen LogP contribution in [0.5, 0.6) is 0 Å². The van der Waals surface area contributed by atoms with Gasteiger partial charge in [0.1, 0.15) is 5.15 Å². The summed E-state index contributed by atoms with van der Waals surface area (Å²) in [4.78, 5) is 0. The van der Waals surface area contributed by atoms with Crippen molar-refractivity contribution in [2.24, 2.45) is 5.73 Å². The quantitative estimate of drug-likeness (QED) is 0.888. The van der Waals surface area contributed by atoms with Gasteiger partial charge in [-0.15, -0.1) is 0 Å². The fourth-order valence-corrected chi connectivity index (χ4v) is 1.87. The van der Waals surface area contributed by atoms with Crippen LogP contribution in [0.3, 0.4) is 0 Å². The zero-order valence-electron chi connectivity index (χ0n) is 9.15. The zero-order chi connectivity index (χ0) is 11.5. The lowest BCUT2D eigenvalue weighted by Crippen LogP contribution is -2.03. The molecule has 0 amide bonds. The van der Waals surface area contributed by atoms with Gasteiger partial charge in [0.25, 0.3) is 0 Å². The van der Waals surface area contributed by atoms with E-state index in [4.69, 9.17) is 17.3 Å². The van der Waals surface area contributed by atoms with Gasteiger partial charge in [-0.25, -0.2) is 4.68 Å². The maximum absolute atomic E-state index is 6.13. The van der Waals surface area contributed by atoms with Crippen molar-refractivity contribution in [3.63, 3.8) is 0 Å². The average molecular weight is 236 g/mol. The molecule has 4 heteroatoms. The van der Waals surface area contributed by atoms with Gasteiger partial charge in [0, 0.05) is 12.1 Å². The number of rotatable bonds is 3. The standard InChI is InChI=1S/C12H14ClN3/c1-9-3-2-4-10(5-9)8-16-12(13)11(6-14)7-15-16/h2-5,7H,6,8,14H2,1H3. The summed E-state index contributed by atoms with van der Waals surface area (Å²) in [6.45, 7) is 3.17. The molecule has 84 valence electrons. The fraction of sp³-hybridized carbons (Fsp3) is 0.250. The molecule has 0 unspecified atom stereocenters. The number of nitrogens with two attached hydrogens (primary N) is 1. The molecular weight excluding hydrogens is 222 g/mol. The molecule has 0 saturated carbocycles. The third kappa shape index (κ3) is 2.26. The van der Waals surface area contributed by atoms with Crippen molar-refractivity contribution < 1.29 is 0 Å². The van der Waals surface area contributed by atoms with Gasteiger partial charge >= 0.3 is 0 Å². The van der Waals surface area contributed by atoms with Gasteiger partial charge in [0.15, 0.2) is 0 Å². The van der Waals surface area contributed by atoms with E-state index in [0.717, 1.165) is 5.56 Å². The van der Waals surface area contributed by atoms with Crippen LogP contribution in [0.1, 0.15) is 16.7 Å². The second-order valence-electron chi connectivity index (χ2n) is 3.81. The predicted molar refractivity (Wildman–Crippen MR) is 65.4 cm³/mol. The number of nitrogens with zero attached hydrogens (tertiary/aromatic N) is 2. The van der Waals surface area contributed by atoms with Gasteiger partial charge in [-0.1, -0.05) is 41.4 Å². The number of hydrogen-bond acceptors (Lipinski definition) is 2. The van der Waals surface area contributed by atoms with Crippen molar-refractivity contribution in [2.75, 3.05) is 0 Å². The molecule has 0 aliphatic rings. The summed E-state index contributed by atoms with van der Waals surface area (Å²) in [7, 11) is 0. The lowest BCUT2D eigenvalue weighted by atomic mass is 10.1. The summed E-state index contributed by atoms with van der Waals surface area (Å²) in [5.74, 6) is 0. The molecule has 2 aromatic rings. The van der Waals surface area contributed by atoms with Crippen LogP contribution in [-0.4, -0.2) is 9.78 Å². The Balaban J connectivity index is 2.24. The summed E-state index contributed by atoms with van der Waals surface area (Å²) in [5.41, 5.74) is 8.85. The smallest absolute Gasteiger partial charge is 0.131 e. The van der Waals surface area contributed by atoms with Crippen LogP contribution < -0.4 is 5.73 Å². The van der Waals surface area contributed by atoms with Gasteiger partial charge in [0.05, 0.1) is 12.7 Å². The van der Waals surface area contributed by atoms with Crippen molar-refractivity contribution in [1.29, 1.82) is 0 Å². The monoisotopic (exact) mass is 235 g/mol. The van der Waals surface area contributed by atoms with Crippen molar-refractivity contribution in [3.8, 4) is 0 Å². The van der Waals surface area contributed by atoms with Crippen LogP contribution in [0, 0.1) is 6.92 Å². The molecule has 2 rings (SSSR count). The highest BCUT2D eigenvalue weighted by Gasteiger charge is 2.06. The minimum atomic E-state index is 0.423. The zero-order valence-corrected chi connectivity index (χ0v) is 9.91. The molecule has 1 aromatic heterocycles. The third-order valence-electron chi connectivity index (χ3n) is 2.48. The fourth-order valence-electron chi connectivity index (χ4n) is 1.64. The molecule has 1 heterocycles. The minimum absolute atomic E-state index is 0.423. The Morgan fingerprint density at radius 1 is 1.44 bits per heavy atom. The first-order chi connectivity index (χ1) is 7.70. The Labute approximate surface area is 99.8 Å². The first-order valence-electron chi connectivity index (χ1n) is 5.16. The first kappa shape index (κ1) is 11.2. The molecule has 0 aliphatic heterocycles. The molecule has 0 fully saturated rings. The molecule has 0 bridgehead atoms. The minimum Gasteiger partial charge on any atom is -0.326 e. The molecule has 2 N–H and O–H groups in total. The van der Waals surface area contributed by atoms with E-state index in [9.17, 15) is 0 Å². The van der Waals surface area contributed by atoms with E-state index in [-0.39, 0.29) is 0 Å². The third-order valence-corrected chi connectivity index (χ3v) is 2.92. The van der Waals surface area contributed by atoms with E-state index in [1.807, 2.05) is 6.07 Å². The van der Waals surface area contributed by atoms with E-state index in [1.165, 1.54) is 11.1 Å². The van der Waals surface area contributed by atoms with Crippen LogP contribution in [0.15, 0.2) is 30.5 Å². The largest absolute Gasteiger partial charge is 0.326 e. The maximum Gasteiger partial charge on any atom is 0.131 e. The van der Waals surface area contributed by atoms with Gasteiger partial charge in [-0.3, -0.25) is 0 Å². The van der Waals surface area contributed by atoms with E-state index >= 15 is 0 Å². The summed E-state index contributed by atoms with van der Waals surface area (Å²) >= 11 is 6.13. The Morgan fingerprint density at radius 3 is 2.88 bits per heavy atom. The van der Waals surface area contributed by atoms with E-state index in [0.29, 0.717) is 18.2 Å². The number of hydrogen-bond donors (Lipinski definition) is 1. The Bertz CT molecular complexity index is 491. The Morgan fingerprint density at radius 2 is 2.25 bits per heavy atom. The molecule has 0 spiro atoms. The lowest BCUT2D eigenvalue weighted by Gasteiger charge is -2.04. The molecule has 16 heavy (non-hydrogen) atoms. The van der Waals surface area contributed by atoms with Gasteiger partial charge < -0.3 is 5.73 Å². The number of aromatic nitrogens is 2. The van der Waals surface area contributed by atoms with Crippen molar-refractivity contribution in [1.82, 2.24) is 9.78 Å². The summed E-state index contributed by atoms with van der Waals surface area (Å²) in [6.07, 6.45) is 1.72. The van der Waals surface area contributed by atoms with Crippen molar-refractivity contribution >= 4 is 11.6 Å². The van der Waals surface area contributed by atoms with E-state index in [2.05, 4.69) is 30.2 Å². The second-order valence-corrected chi connectivity index (χ2v) is 4.17. The van der Waals surface area contributed by atoms with Crippen LogP contribution >= 0.6 is 11.6 Å². The highest BCUT2D eigenvalue weighted by atomic mass is 35.5. The average Bonchev–Trinajstić information content (AvgIpc) is 2.60. The summed E-state index contributed by atoms with van der Waals surface area (Å²) < 4.78 is 1.76. The van der Waals surface area contributed by atoms with Gasteiger partial charge in [-0.2, -0.15) is 5.10 Å². The van der Waals surface area contributed by atoms with Crippen molar-refractivity contribution in [3.05, 3.63) is 52.3 Å².